The van der Waals surface area contributed by atoms with Crippen molar-refractivity contribution in [2.24, 2.45) is 11.8 Å². The van der Waals surface area contributed by atoms with Gasteiger partial charge in [0.05, 0.1) is 25.6 Å². The van der Waals surface area contributed by atoms with Crippen LogP contribution < -0.4 is 5.32 Å². The zero-order valence-electron chi connectivity index (χ0n) is 25.0. The van der Waals surface area contributed by atoms with E-state index in [1.807, 2.05) is 59.6 Å². The minimum Gasteiger partial charge on any atom is -0.469 e. The Hall–Kier alpha value is -1.68. The van der Waals surface area contributed by atoms with Gasteiger partial charge in [-0.25, -0.2) is 0 Å². The quantitative estimate of drug-likeness (QED) is 0.170. The normalized spacial score (nSPS) is 26.7. The molecular formula is C29H55NO7S. The predicted octanol–water partition coefficient (Wildman–Crippen LogP) is 4.80. The number of hydrogen-bond acceptors (Lipinski definition) is 8. The molecule has 1 heterocycles. The maximum absolute atomic E-state index is 12.7. The highest BCUT2D eigenvalue weighted by Gasteiger charge is 2.68. The molecule has 1 aliphatic heterocycles. The zero-order valence-corrected chi connectivity index (χ0v) is 25.8. The molecule has 9 heteroatoms. The molecule has 3 unspecified atom stereocenters. The van der Waals surface area contributed by atoms with Crippen molar-refractivity contribution in [1.29, 1.82) is 0 Å². The number of aliphatic hydroxyl groups is 3. The largest absolute Gasteiger partial charge is 0.469 e. The molecule has 224 valence electrons. The summed E-state index contributed by atoms with van der Waals surface area (Å²) in [6.45, 7) is 19.0. The summed E-state index contributed by atoms with van der Waals surface area (Å²) in [6, 6.07) is 0. The Balaban J connectivity index is -0.00000108. The van der Waals surface area contributed by atoms with Gasteiger partial charge in [0.15, 0.2) is 0 Å². The van der Waals surface area contributed by atoms with Crippen LogP contribution in [0, 0.1) is 11.8 Å². The van der Waals surface area contributed by atoms with Gasteiger partial charge in [0, 0.05) is 11.7 Å². The smallest absolute Gasteiger partial charge is 0.306 e. The van der Waals surface area contributed by atoms with Crippen molar-refractivity contribution in [1.82, 2.24) is 5.32 Å². The molecule has 0 saturated carbocycles. The van der Waals surface area contributed by atoms with Gasteiger partial charge in [0.2, 0.25) is 5.91 Å². The van der Waals surface area contributed by atoms with E-state index in [-0.39, 0.29) is 24.0 Å². The number of carbonyl (C=O) groups excluding carboxylic acids is 3. The highest BCUT2D eigenvalue weighted by molar-refractivity contribution is 7.99. The van der Waals surface area contributed by atoms with Crippen molar-refractivity contribution in [3.63, 3.8) is 0 Å². The molecule has 38 heavy (non-hydrogen) atoms. The van der Waals surface area contributed by atoms with Crippen LogP contribution in [0.3, 0.4) is 0 Å². The van der Waals surface area contributed by atoms with Crippen LogP contribution in [0.4, 0.5) is 0 Å². The lowest BCUT2D eigenvalue weighted by Crippen LogP contribution is -2.71. The monoisotopic (exact) mass is 561 g/mol. The van der Waals surface area contributed by atoms with Gasteiger partial charge in [-0.1, -0.05) is 66.2 Å². The van der Waals surface area contributed by atoms with Crippen LogP contribution in [0.5, 0.6) is 0 Å². The maximum Gasteiger partial charge on any atom is 0.306 e. The molecule has 2 rings (SSSR count). The summed E-state index contributed by atoms with van der Waals surface area (Å²) in [7, 11) is 1.29. The molecule has 0 aromatic rings. The predicted molar refractivity (Wildman–Crippen MR) is 158 cm³/mol. The van der Waals surface area contributed by atoms with Crippen molar-refractivity contribution in [2.45, 2.75) is 116 Å². The van der Waals surface area contributed by atoms with Crippen LogP contribution in [0.25, 0.3) is 0 Å². The van der Waals surface area contributed by atoms with Gasteiger partial charge in [0.25, 0.3) is 0 Å². The lowest BCUT2D eigenvalue weighted by atomic mass is 9.68. The molecule has 0 aromatic carbocycles. The van der Waals surface area contributed by atoms with Crippen LogP contribution >= 0.6 is 11.8 Å². The number of carbonyl (C=O) groups is 3. The van der Waals surface area contributed by atoms with Gasteiger partial charge < -0.3 is 30.2 Å². The van der Waals surface area contributed by atoms with E-state index in [0.717, 1.165) is 31.0 Å². The maximum atomic E-state index is 12.7. The van der Waals surface area contributed by atoms with E-state index >= 15 is 0 Å². The number of aliphatic hydroxyl groups excluding tert-OH is 2. The number of hydrogen-bond donors (Lipinski definition) is 4. The van der Waals surface area contributed by atoms with Gasteiger partial charge in [-0.2, -0.15) is 0 Å². The van der Waals surface area contributed by atoms with Gasteiger partial charge in [-0.3, -0.25) is 9.59 Å². The van der Waals surface area contributed by atoms with Crippen LogP contribution in [0.1, 0.15) is 93.4 Å². The zero-order chi connectivity index (χ0) is 30.4. The molecule has 0 aromatic heterocycles. The molecule has 1 amide bonds. The van der Waals surface area contributed by atoms with E-state index in [1.165, 1.54) is 14.0 Å². The summed E-state index contributed by atoms with van der Waals surface area (Å²) < 4.78 is 4.62. The van der Waals surface area contributed by atoms with Crippen LogP contribution in [-0.2, 0) is 19.1 Å². The van der Waals surface area contributed by atoms with Crippen LogP contribution in [-0.4, -0.2) is 69.5 Å². The topological polar surface area (TPSA) is 133 Å². The highest BCUT2D eigenvalue weighted by atomic mass is 32.2. The second-order valence-corrected chi connectivity index (χ2v) is 9.75. The standard InChI is InChI=1S/C20H33NO6S.C4H8.2C2H6.CH2O/c1-4-8-14-17(24)21-20(19(14,2)26,16(23)13-9-6-5-7-10-13)18(25)28-12-11-15(22)27-3;1-3-4-2;3*1-2/h6,9,13-14,16,18,23,25-26H,4-5,7-8,10-12H2,1-3H3,(H,21,24);3H,1,4H2,2H3;2*1-2H3;1H2/t13-,14?,16+,18?,19+,20?;;;;/m1..../s1. The van der Waals surface area contributed by atoms with Crippen molar-refractivity contribution < 1.29 is 34.4 Å². The molecule has 1 aliphatic carbocycles. The van der Waals surface area contributed by atoms with E-state index in [9.17, 15) is 24.9 Å². The first-order valence-electron chi connectivity index (χ1n) is 13.8. The summed E-state index contributed by atoms with van der Waals surface area (Å²) in [5.74, 6) is -1.53. The lowest BCUT2D eigenvalue weighted by Gasteiger charge is -2.49. The number of thioether (sulfide) groups is 1. The number of nitrogens with one attached hydrogen (secondary N) is 1. The van der Waals surface area contributed by atoms with E-state index in [4.69, 9.17) is 4.79 Å². The van der Waals surface area contributed by atoms with E-state index in [0.29, 0.717) is 19.3 Å². The minimum atomic E-state index is -1.65. The number of rotatable bonds is 10. The van der Waals surface area contributed by atoms with Gasteiger partial charge in [0.1, 0.15) is 23.4 Å². The minimum absolute atomic E-state index is 0.0855. The van der Waals surface area contributed by atoms with Gasteiger partial charge in [-0.05, 0) is 39.0 Å². The molecule has 6 atom stereocenters. The number of amides is 1. The van der Waals surface area contributed by atoms with E-state index in [2.05, 4.69) is 23.6 Å². The van der Waals surface area contributed by atoms with Crippen molar-refractivity contribution in [2.75, 3.05) is 12.9 Å². The highest BCUT2D eigenvalue weighted by Crippen LogP contribution is 2.48. The second kappa shape index (κ2) is 23.2. The molecular weight excluding hydrogens is 506 g/mol. The number of allylic oxidation sites excluding steroid dienone is 2. The number of ether oxygens (including phenoxy) is 1. The third-order valence-electron chi connectivity index (χ3n) is 6.39. The Labute approximate surface area is 235 Å². The number of esters is 1. The summed E-state index contributed by atoms with van der Waals surface area (Å²) in [4.78, 5) is 32.1. The lowest BCUT2D eigenvalue weighted by molar-refractivity contribution is -0.140. The Morgan fingerprint density at radius 3 is 2.24 bits per heavy atom. The third-order valence-corrected chi connectivity index (χ3v) is 7.52. The van der Waals surface area contributed by atoms with Gasteiger partial charge in [-0.15, -0.1) is 18.3 Å². The number of methoxy groups -OCH3 is 1. The fraction of sp³-hybridized carbons (Fsp3) is 0.759. The van der Waals surface area contributed by atoms with E-state index < -0.39 is 34.6 Å². The Morgan fingerprint density at radius 2 is 1.82 bits per heavy atom. The molecule has 0 radical (unpaired) electrons. The molecule has 0 spiro atoms. The fourth-order valence-electron chi connectivity index (χ4n) is 4.42. The Morgan fingerprint density at radius 1 is 1.26 bits per heavy atom. The molecule has 1 saturated heterocycles. The first kappa shape index (κ1) is 40.8. The summed E-state index contributed by atoms with van der Waals surface area (Å²) >= 11 is 1.03. The summed E-state index contributed by atoms with van der Waals surface area (Å²) in [6.07, 6.45) is 9.44. The molecule has 4 N–H and O–H groups in total. The SMILES string of the molecule is C=CCC.C=O.CC.CC.CCCC1C(=O)NC(C(O)SCCC(=O)OC)([C@@H](O)[C@@H]2C=CCCC2)[C@@]1(C)O. The van der Waals surface area contributed by atoms with Crippen molar-refractivity contribution in [3.8, 4) is 0 Å². The Bertz CT molecular complexity index is 671. The average molecular weight is 562 g/mol. The van der Waals surface area contributed by atoms with Crippen LogP contribution in [0.2, 0.25) is 0 Å². The summed E-state index contributed by atoms with van der Waals surface area (Å²) in [5, 5.41) is 36.6. The average Bonchev–Trinajstić information content (AvgIpc) is 3.17. The molecule has 0 bridgehead atoms. The second-order valence-electron chi connectivity index (χ2n) is 8.56. The Kier molecular flexibility index (Phi) is 24.9. The first-order valence-corrected chi connectivity index (χ1v) is 14.8. The molecule has 2 aliphatic rings. The molecule has 8 nitrogen and oxygen atoms in total. The summed E-state index contributed by atoms with van der Waals surface area (Å²) in [5.41, 5.74) is -4.57. The van der Waals surface area contributed by atoms with Gasteiger partial charge >= 0.3 is 5.97 Å². The van der Waals surface area contributed by atoms with E-state index in [1.54, 1.807) is 0 Å². The van der Waals surface area contributed by atoms with Crippen LogP contribution in [0.15, 0.2) is 24.8 Å². The molecule has 1 fully saturated rings. The first-order chi connectivity index (χ1) is 18.1. The van der Waals surface area contributed by atoms with Crippen molar-refractivity contribution in [3.05, 3.63) is 24.8 Å². The fourth-order valence-corrected chi connectivity index (χ4v) is 5.63. The third kappa shape index (κ3) is 11.2. The van der Waals surface area contributed by atoms with Crippen molar-refractivity contribution >= 4 is 30.4 Å².